The molecular weight excluding hydrogens is 650 g/mol. The number of hydrogen-bond acceptors (Lipinski definition) is 11. The molecule has 0 spiro atoms. The lowest BCUT2D eigenvalue weighted by Crippen LogP contribution is -2.58. The van der Waals surface area contributed by atoms with Crippen molar-refractivity contribution in [1.82, 2.24) is 15.1 Å². The number of amides is 4. The number of rotatable bonds is 19. The maximum absolute atomic E-state index is 14.3. The normalized spacial score (nSPS) is 16.0. The lowest BCUT2D eigenvalue weighted by atomic mass is 9.84. The zero-order valence-corrected chi connectivity index (χ0v) is 30.6. The molecule has 6 N–H and O–H groups in total. The van der Waals surface area contributed by atoms with E-state index in [4.69, 9.17) is 16.2 Å². The summed E-state index contributed by atoms with van der Waals surface area (Å²) in [5.41, 5.74) is 14.7. The standard InChI is InChI=1S/C35H57N5O8S/c1-23-18-26(41)19-24(2)27(23)21-29(37)33(44)38-22-31(42)40(34(45)28(36)15-17-49(5)47)35(46)30(20-25-12-8-6-9-13-25)39(3)16-11-7-10-14-32(43)48-4/h18-19,25,28-30,41H,6-17,20-22,36-37H2,1-5H3,(H,38,44)/t28?,29-,30-,49?/m0/s1. The second-order valence-electron chi connectivity index (χ2n) is 13.3. The molecular formula is C35H57N5O8S. The fraction of sp³-hybridized carbons (Fsp3) is 0.686. The minimum Gasteiger partial charge on any atom is -0.508 e. The molecule has 4 amide bonds. The smallest absolute Gasteiger partial charge is 0.305 e. The van der Waals surface area contributed by atoms with Crippen LogP contribution in [0.15, 0.2) is 12.1 Å². The highest BCUT2D eigenvalue weighted by atomic mass is 32.2. The van der Waals surface area contributed by atoms with Crippen LogP contribution in [0.25, 0.3) is 0 Å². The van der Waals surface area contributed by atoms with Crippen LogP contribution in [0.4, 0.5) is 0 Å². The van der Waals surface area contributed by atoms with Gasteiger partial charge in [-0.15, -0.1) is 0 Å². The number of carbonyl (C=O) groups is 5. The van der Waals surface area contributed by atoms with Crippen molar-refractivity contribution in [3.63, 3.8) is 0 Å². The third kappa shape index (κ3) is 13.9. The van der Waals surface area contributed by atoms with Gasteiger partial charge in [0, 0.05) is 29.2 Å². The summed E-state index contributed by atoms with van der Waals surface area (Å²) in [6.07, 6.45) is 9.49. The first-order valence-electron chi connectivity index (χ1n) is 17.2. The lowest BCUT2D eigenvalue weighted by Gasteiger charge is -2.35. The predicted molar refractivity (Wildman–Crippen MR) is 189 cm³/mol. The molecule has 0 saturated heterocycles. The van der Waals surface area contributed by atoms with Gasteiger partial charge in [0.1, 0.15) is 5.75 Å². The van der Waals surface area contributed by atoms with E-state index in [0.29, 0.717) is 37.1 Å². The Morgan fingerprint density at radius 2 is 1.63 bits per heavy atom. The number of aromatic hydroxyl groups is 1. The zero-order valence-electron chi connectivity index (χ0n) is 29.8. The van der Waals surface area contributed by atoms with Crippen molar-refractivity contribution in [2.75, 3.05) is 39.3 Å². The van der Waals surface area contributed by atoms with Crippen LogP contribution in [-0.2, 0) is 45.9 Å². The van der Waals surface area contributed by atoms with Crippen LogP contribution in [-0.4, -0.2) is 106 Å². The number of ether oxygens (including phenoxy) is 1. The molecule has 1 aliphatic rings. The first-order chi connectivity index (χ1) is 23.2. The van der Waals surface area contributed by atoms with Gasteiger partial charge in [0.15, 0.2) is 0 Å². The van der Waals surface area contributed by atoms with Gasteiger partial charge in [-0.25, -0.2) is 4.90 Å². The number of carbonyl (C=O) groups excluding carboxylic acids is 5. The topological polar surface area (TPSA) is 202 Å². The molecule has 1 fully saturated rings. The summed E-state index contributed by atoms with van der Waals surface area (Å²) in [6, 6.07) is 0.0513. The van der Waals surface area contributed by atoms with Crippen molar-refractivity contribution in [1.29, 1.82) is 0 Å². The van der Waals surface area contributed by atoms with Gasteiger partial charge in [0.05, 0.1) is 31.8 Å². The van der Waals surface area contributed by atoms with Crippen molar-refractivity contribution >= 4 is 40.4 Å². The lowest BCUT2D eigenvalue weighted by molar-refractivity contribution is -0.157. The van der Waals surface area contributed by atoms with Crippen LogP contribution in [0.5, 0.6) is 5.75 Å². The first kappa shape index (κ1) is 42.0. The van der Waals surface area contributed by atoms with E-state index in [9.17, 15) is 33.3 Å². The van der Waals surface area contributed by atoms with Crippen LogP contribution in [0.1, 0.15) is 87.3 Å². The predicted octanol–water partition coefficient (Wildman–Crippen LogP) is 1.98. The van der Waals surface area contributed by atoms with Gasteiger partial charge in [-0.2, -0.15) is 0 Å². The van der Waals surface area contributed by atoms with E-state index in [1.807, 2.05) is 4.90 Å². The zero-order chi connectivity index (χ0) is 36.7. The fourth-order valence-corrected chi connectivity index (χ4v) is 6.92. The SMILES string of the molecule is COC(=O)CCCCCN(C)[C@@H](CC1CCCCC1)C(=O)N(C(=O)CNC(=O)[C@@H](N)Cc1c(C)cc(O)cc1C)C(=O)C(N)CCS(C)=O. The number of methoxy groups -OCH3 is 1. The molecule has 14 heteroatoms. The van der Waals surface area contributed by atoms with Crippen molar-refractivity contribution in [2.24, 2.45) is 17.4 Å². The van der Waals surface area contributed by atoms with E-state index in [2.05, 4.69) is 5.32 Å². The molecule has 2 rings (SSSR count). The Balaban J connectivity index is 2.27. The van der Waals surface area contributed by atoms with Crippen LogP contribution >= 0.6 is 0 Å². The Bertz CT molecular complexity index is 1300. The van der Waals surface area contributed by atoms with Gasteiger partial charge < -0.3 is 26.6 Å². The molecule has 0 aliphatic heterocycles. The minimum atomic E-state index is -1.26. The number of phenolic OH excluding ortho intramolecular Hbond substituents is 1. The Morgan fingerprint density at radius 1 is 1.00 bits per heavy atom. The summed E-state index contributed by atoms with van der Waals surface area (Å²) in [5.74, 6) is -3.03. The van der Waals surface area contributed by atoms with Gasteiger partial charge in [-0.1, -0.05) is 38.5 Å². The van der Waals surface area contributed by atoms with Crippen molar-refractivity contribution in [3.05, 3.63) is 28.8 Å². The van der Waals surface area contributed by atoms with Crippen molar-refractivity contribution in [2.45, 2.75) is 109 Å². The molecule has 0 radical (unpaired) electrons. The third-order valence-corrected chi connectivity index (χ3v) is 10.1. The molecule has 0 aromatic heterocycles. The summed E-state index contributed by atoms with van der Waals surface area (Å²) in [6.45, 7) is 3.43. The second-order valence-corrected chi connectivity index (χ2v) is 14.8. The molecule has 4 atom stereocenters. The molecule has 1 aromatic carbocycles. The highest BCUT2D eigenvalue weighted by Gasteiger charge is 2.39. The first-order valence-corrected chi connectivity index (χ1v) is 18.9. The second kappa shape index (κ2) is 21.1. The number of esters is 1. The molecule has 1 aliphatic carbocycles. The Hall–Kier alpha value is -3.20. The number of unbranched alkanes of at least 4 members (excludes halogenated alkanes) is 2. The number of phenols is 1. The summed E-state index contributed by atoms with van der Waals surface area (Å²) >= 11 is 0. The minimum absolute atomic E-state index is 0.00486. The van der Waals surface area contributed by atoms with Crippen LogP contribution in [0.2, 0.25) is 0 Å². The van der Waals surface area contributed by atoms with Gasteiger partial charge in [-0.3, -0.25) is 33.1 Å². The summed E-state index contributed by atoms with van der Waals surface area (Å²) in [7, 11) is 1.88. The number of imide groups is 3. The molecule has 0 heterocycles. The molecule has 1 saturated carbocycles. The van der Waals surface area contributed by atoms with Crippen molar-refractivity contribution in [3.8, 4) is 5.75 Å². The van der Waals surface area contributed by atoms with Gasteiger partial charge in [-0.05, 0) is 94.3 Å². The van der Waals surface area contributed by atoms with Gasteiger partial charge in [0.2, 0.25) is 5.91 Å². The Labute approximate surface area is 293 Å². The molecule has 2 unspecified atom stereocenters. The number of aryl methyl sites for hydroxylation is 2. The van der Waals surface area contributed by atoms with Crippen LogP contribution in [0, 0.1) is 19.8 Å². The maximum atomic E-state index is 14.3. The van der Waals surface area contributed by atoms with Crippen molar-refractivity contribution < 1.29 is 38.0 Å². The molecule has 49 heavy (non-hydrogen) atoms. The highest BCUT2D eigenvalue weighted by Crippen LogP contribution is 2.29. The molecule has 13 nitrogen and oxygen atoms in total. The average Bonchev–Trinajstić information content (AvgIpc) is 3.06. The largest absolute Gasteiger partial charge is 0.508 e. The maximum Gasteiger partial charge on any atom is 0.305 e. The summed E-state index contributed by atoms with van der Waals surface area (Å²) in [5, 5.41) is 12.3. The number of nitrogens with one attached hydrogen (secondary N) is 1. The van der Waals surface area contributed by atoms with E-state index in [0.717, 1.165) is 55.2 Å². The Kier molecular flexibility index (Phi) is 18.1. The van der Waals surface area contributed by atoms with Gasteiger partial charge >= 0.3 is 5.97 Å². The average molecular weight is 708 g/mol. The van der Waals surface area contributed by atoms with E-state index < -0.39 is 59.1 Å². The molecule has 0 bridgehead atoms. The number of hydrogen-bond donors (Lipinski definition) is 4. The van der Waals surface area contributed by atoms with E-state index in [-0.39, 0.29) is 36.2 Å². The number of nitrogens with zero attached hydrogens (tertiary/aromatic N) is 2. The van der Waals surface area contributed by atoms with E-state index >= 15 is 0 Å². The molecule has 1 aromatic rings. The van der Waals surface area contributed by atoms with E-state index in [1.165, 1.54) is 13.4 Å². The highest BCUT2D eigenvalue weighted by molar-refractivity contribution is 7.84. The fourth-order valence-electron chi connectivity index (χ4n) is 6.34. The Morgan fingerprint density at radius 3 is 2.22 bits per heavy atom. The number of benzene rings is 1. The third-order valence-electron chi connectivity index (χ3n) is 9.30. The van der Waals surface area contributed by atoms with Gasteiger partial charge in [0.25, 0.3) is 17.7 Å². The molecule has 276 valence electrons. The monoisotopic (exact) mass is 707 g/mol. The van der Waals surface area contributed by atoms with Crippen LogP contribution < -0.4 is 16.8 Å². The number of likely N-dealkylation sites (N-methyl/N-ethyl adjacent to an activating group) is 1. The summed E-state index contributed by atoms with van der Waals surface area (Å²) < 4.78 is 16.5. The quantitative estimate of drug-likeness (QED) is 0.121. The number of nitrogens with two attached hydrogens (primary N) is 2. The van der Waals surface area contributed by atoms with E-state index in [1.54, 1.807) is 33.0 Å². The summed E-state index contributed by atoms with van der Waals surface area (Å²) in [4.78, 5) is 68.7. The van der Waals surface area contributed by atoms with Crippen LogP contribution in [0.3, 0.4) is 0 Å².